The van der Waals surface area contributed by atoms with Gasteiger partial charge < -0.3 is 15.7 Å². The van der Waals surface area contributed by atoms with Crippen LogP contribution in [0, 0.1) is 22.5 Å². The third-order valence-electron chi connectivity index (χ3n) is 3.17. The van der Waals surface area contributed by atoms with Gasteiger partial charge in [-0.25, -0.2) is 0 Å². The Bertz CT molecular complexity index is 526. The van der Waals surface area contributed by atoms with Crippen molar-refractivity contribution < 1.29 is 14.9 Å². The fraction of sp³-hybridized carbons (Fsp3) is 0.462. The summed E-state index contributed by atoms with van der Waals surface area (Å²) in [7, 11) is 0. The number of oxime groups is 1. The quantitative estimate of drug-likeness (QED) is 0.273. The normalized spacial score (nSPS) is 12.2. The second-order valence-corrected chi connectivity index (χ2v) is 5.17. The first-order chi connectivity index (χ1) is 9.27. The smallest absolute Gasteiger partial charge is 0.273 e. The van der Waals surface area contributed by atoms with Crippen LogP contribution in [0.2, 0.25) is 0 Å². The van der Waals surface area contributed by atoms with E-state index in [1.807, 2.05) is 20.8 Å². The monoisotopic (exact) mass is 281 g/mol. The highest BCUT2D eigenvalue weighted by Crippen LogP contribution is 2.26. The van der Waals surface area contributed by atoms with Gasteiger partial charge in [0.05, 0.1) is 17.6 Å². The van der Waals surface area contributed by atoms with E-state index in [1.54, 1.807) is 6.07 Å². The van der Waals surface area contributed by atoms with Crippen molar-refractivity contribution in [3.8, 4) is 5.75 Å². The molecule has 110 valence electrons. The average molecular weight is 281 g/mol. The van der Waals surface area contributed by atoms with Crippen LogP contribution in [0.15, 0.2) is 23.4 Å². The van der Waals surface area contributed by atoms with Crippen LogP contribution in [0.5, 0.6) is 5.75 Å². The molecule has 7 nitrogen and oxygen atoms in total. The van der Waals surface area contributed by atoms with Crippen molar-refractivity contribution in [2.45, 2.75) is 27.2 Å². The zero-order valence-corrected chi connectivity index (χ0v) is 11.8. The Morgan fingerprint density at radius 2 is 2.20 bits per heavy atom. The number of aryl methyl sites for hydroxylation is 1. The lowest BCUT2D eigenvalue weighted by Gasteiger charge is -2.22. The fourth-order valence-electron chi connectivity index (χ4n) is 1.54. The summed E-state index contributed by atoms with van der Waals surface area (Å²) >= 11 is 0. The van der Waals surface area contributed by atoms with Gasteiger partial charge in [-0.2, -0.15) is 0 Å². The first-order valence-electron chi connectivity index (χ1n) is 6.14. The number of benzene rings is 1. The Balaban J connectivity index is 2.71. The van der Waals surface area contributed by atoms with Gasteiger partial charge in [-0.1, -0.05) is 19.0 Å². The molecule has 0 saturated heterocycles. The van der Waals surface area contributed by atoms with Crippen LogP contribution in [0.1, 0.15) is 25.8 Å². The third-order valence-corrected chi connectivity index (χ3v) is 3.17. The molecular formula is C13H19N3O4. The number of hydrogen-bond donors (Lipinski definition) is 2. The highest BCUT2D eigenvalue weighted by Gasteiger charge is 2.23. The number of hydrogen-bond acceptors (Lipinski definition) is 5. The second kappa shape index (κ2) is 6.23. The Kier molecular flexibility index (Phi) is 4.90. The maximum Gasteiger partial charge on any atom is 0.273 e. The molecule has 20 heavy (non-hydrogen) atoms. The zero-order valence-electron chi connectivity index (χ0n) is 11.8. The lowest BCUT2D eigenvalue weighted by Crippen LogP contribution is -2.33. The summed E-state index contributed by atoms with van der Waals surface area (Å²) in [5, 5.41) is 22.4. The van der Waals surface area contributed by atoms with Crippen LogP contribution in [-0.4, -0.2) is 22.6 Å². The van der Waals surface area contributed by atoms with Gasteiger partial charge in [0.1, 0.15) is 11.6 Å². The summed E-state index contributed by atoms with van der Waals surface area (Å²) in [6.45, 7) is 5.77. The van der Waals surface area contributed by atoms with Gasteiger partial charge in [0, 0.05) is 11.5 Å². The lowest BCUT2D eigenvalue weighted by molar-refractivity contribution is -0.384. The molecule has 0 amide bonds. The van der Waals surface area contributed by atoms with Gasteiger partial charge in [0.15, 0.2) is 0 Å². The van der Waals surface area contributed by atoms with E-state index in [0.717, 1.165) is 5.56 Å². The molecule has 1 rings (SSSR count). The van der Waals surface area contributed by atoms with E-state index >= 15 is 0 Å². The highest BCUT2D eigenvalue weighted by atomic mass is 16.6. The van der Waals surface area contributed by atoms with Crippen molar-refractivity contribution in [2.24, 2.45) is 16.3 Å². The molecule has 0 aliphatic rings. The SMILES string of the molecule is Cc1ccc([N+](=O)[O-])cc1OCCC(C)(C)C(N)=NO. The topological polar surface area (TPSA) is 111 Å². The van der Waals surface area contributed by atoms with Gasteiger partial charge in [-0.05, 0) is 25.0 Å². The highest BCUT2D eigenvalue weighted by molar-refractivity contribution is 5.85. The molecule has 0 aliphatic heterocycles. The molecule has 0 heterocycles. The molecule has 0 atom stereocenters. The molecular weight excluding hydrogens is 262 g/mol. The fourth-order valence-corrected chi connectivity index (χ4v) is 1.54. The first kappa shape index (κ1) is 15.7. The van der Waals surface area contributed by atoms with Crippen LogP contribution < -0.4 is 10.5 Å². The second-order valence-electron chi connectivity index (χ2n) is 5.17. The molecule has 0 bridgehead atoms. The predicted octanol–water partition coefficient (Wildman–Crippen LogP) is 2.44. The Hall–Kier alpha value is -2.31. The lowest BCUT2D eigenvalue weighted by atomic mass is 9.88. The van der Waals surface area contributed by atoms with Crippen LogP contribution >= 0.6 is 0 Å². The summed E-state index contributed by atoms with van der Waals surface area (Å²) in [4.78, 5) is 10.3. The Morgan fingerprint density at radius 3 is 2.75 bits per heavy atom. The van der Waals surface area contributed by atoms with Gasteiger partial charge in [0.2, 0.25) is 0 Å². The summed E-state index contributed by atoms with van der Waals surface area (Å²) in [6.07, 6.45) is 0.519. The molecule has 0 aliphatic carbocycles. The number of nitrogens with two attached hydrogens (primary N) is 1. The van der Waals surface area contributed by atoms with Crippen molar-refractivity contribution in [3.05, 3.63) is 33.9 Å². The average Bonchev–Trinajstić information content (AvgIpc) is 2.39. The van der Waals surface area contributed by atoms with Crippen molar-refractivity contribution in [1.82, 2.24) is 0 Å². The van der Waals surface area contributed by atoms with Crippen molar-refractivity contribution in [2.75, 3.05) is 6.61 Å². The number of nitro benzene ring substituents is 1. The Morgan fingerprint density at radius 1 is 1.55 bits per heavy atom. The Labute approximate surface area is 117 Å². The van der Waals surface area contributed by atoms with E-state index in [2.05, 4.69) is 5.16 Å². The third kappa shape index (κ3) is 3.84. The van der Waals surface area contributed by atoms with E-state index in [1.165, 1.54) is 12.1 Å². The minimum absolute atomic E-state index is 0.0127. The van der Waals surface area contributed by atoms with E-state index in [9.17, 15) is 10.1 Å². The van der Waals surface area contributed by atoms with Gasteiger partial charge in [-0.3, -0.25) is 10.1 Å². The summed E-state index contributed by atoms with van der Waals surface area (Å²) in [5.74, 6) is 0.589. The maximum atomic E-state index is 10.7. The molecule has 0 spiro atoms. The molecule has 0 saturated carbocycles. The summed E-state index contributed by atoms with van der Waals surface area (Å²) in [6, 6.07) is 4.47. The number of rotatable bonds is 6. The van der Waals surface area contributed by atoms with Gasteiger partial charge >= 0.3 is 0 Å². The minimum atomic E-state index is -0.511. The standard InChI is InChI=1S/C13H19N3O4/c1-9-4-5-10(16(18)19)8-11(9)20-7-6-13(2,3)12(14)15-17/h4-5,8,17H,6-7H2,1-3H3,(H2,14,15). The first-order valence-corrected chi connectivity index (χ1v) is 6.14. The molecule has 1 aromatic carbocycles. The molecule has 0 radical (unpaired) electrons. The van der Waals surface area contributed by atoms with Gasteiger partial charge in [-0.15, -0.1) is 0 Å². The molecule has 0 unspecified atom stereocenters. The predicted molar refractivity (Wildman–Crippen MR) is 75.1 cm³/mol. The van der Waals surface area contributed by atoms with Crippen molar-refractivity contribution in [1.29, 1.82) is 0 Å². The maximum absolute atomic E-state index is 10.7. The van der Waals surface area contributed by atoms with Crippen LogP contribution in [0.4, 0.5) is 5.69 Å². The molecule has 3 N–H and O–H groups in total. The molecule has 1 aromatic rings. The van der Waals surface area contributed by atoms with E-state index in [-0.39, 0.29) is 11.5 Å². The summed E-state index contributed by atoms with van der Waals surface area (Å²) < 4.78 is 5.56. The number of nitro groups is 1. The van der Waals surface area contributed by atoms with E-state index in [0.29, 0.717) is 18.8 Å². The van der Waals surface area contributed by atoms with Crippen LogP contribution in [0.3, 0.4) is 0 Å². The largest absolute Gasteiger partial charge is 0.493 e. The number of amidine groups is 1. The van der Waals surface area contributed by atoms with E-state index in [4.69, 9.17) is 15.7 Å². The molecule has 7 heteroatoms. The van der Waals surface area contributed by atoms with Crippen LogP contribution in [-0.2, 0) is 0 Å². The van der Waals surface area contributed by atoms with Crippen molar-refractivity contribution >= 4 is 11.5 Å². The number of non-ortho nitro benzene ring substituents is 1. The van der Waals surface area contributed by atoms with E-state index < -0.39 is 10.3 Å². The molecule has 0 aromatic heterocycles. The number of nitrogens with zero attached hydrogens (tertiary/aromatic N) is 2. The van der Waals surface area contributed by atoms with Gasteiger partial charge in [0.25, 0.3) is 5.69 Å². The molecule has 0 fully saturated rings. The van der Waals surface area contributed by atoms with Crippen LogP contribution in [0.25, 0.3) is 0 Å². The zero-order chi connectivity index (χ0) is 15.3. The van der Waals surface area contributed by atoms with Crippen molar-refractivity contribution in [3.63, 3.8) is 0 Å². The number of ether oxygens (including phenoxy) is 1. The summed E-state index contributed by atoms with van der Waals surface area (Å²) in [5.41, 5.74) is 5.87. The minimum Gasteiger partial charge on any atom is -0.493 e.